The summed E-state index contributed by atoms with van der Waals surface area (Å²) in [6, 6.07) is 36.2. The third-order valence-corrected chi connectivity index (χ3v) is 11.1. The number of anilines is 3. The van der Waals surface area contributed by atoms with Crippen LogP contribution in [0, 0.1) is 0 Å². The first kappa shape index (κ1) is 26.0. The van der Waals surface area contributed by atoms with Gasteiger partial charge >= 0.3 is 0 Å². The minimum absolute atomic E-state index is 0.0833. The summed E-state index contributed by atoms with van der Waals surface area (Å²) < 4.78 is 57.0. The zero-order valence-electron chi connectivity index (χ0n) is 22.0. The highest BCUT2D eigenvalue weighted by Gasteiger charge is 2.40. The number of para-hydroxylation sites is 3. The van der Waals surface area contributed by atoms with Crippen LogP contribution in [0.25, 0.3) is 0 Å². The molecule has 5 nitrogen and oxygen atoms in total. The number of hydrogen-bond donors (Lipinski definition) is 0. The van der Waals surface area contributed by atoms with Crippen LogP contribution in [0.2, 0.25) is 0 Å². The Balaban J connectivity index is 1.76. The van der Waals surface area contributed by atoms with Gasteiger partial charge in [0.2, 0.25) is 19.7 Å². The van der Waals surface area contributed by atoms with Crippen molar-refractivity contribution < 1.29 is 16.8 Å². The van der Waals surface area contributed by atoms with E-state index in [0.717, 1.165) is 22.5 Å². The largest absolute Gasteiger partial charge is 0.307 e. The maximum Gasteiger partial charge on any atom is 0.208 e. The van der Waals surface area contributed by atoms with Gasteiger partial charge in [0, 0.05) is 5.41 Å². The molecule has 7 heteroatoms. The summed E-state index contributed by atoms with van der Waals surface area (Å²) >= 11 is 0. The summed E-state index contributed by atoms with van der Waals surface area (Å²) in [6.07, 6.45) is 0. The van der Waals surface area contributed by atoms with Crippen molar-refractivity contribution in [3.63, 3.8) is 0 Å². The Labute approximate surface area is 235 Å². The van der Waals surface area contributed by atoms with Gasteiger partial charge in [0.05, 0.1) is 36.6 Å². The Bertz CT molecular complexity index is 1810. The van der Waals surface area contributed by atoms with Gasteiger partial charge in [0.25, 0.3) is 0 Å². The molecule has 0 radical (unpaired) electrons. The Morgan fingerprint density at radius 3 is 1.27 bits per heavy atom. The maximum absolute atomic E-state index is 14.2. The summed E-state index contributed by atoms with van der Waals surface area (Å²) in [5.41, 5.74) is 3.07. The van der Waals surface area contributed by atoms with Crippen molar-refractivity contribution in [1.82, 2.24) is 0 Å². The van der Waals surface area contributed by atoms with Crippen molar-refractivity contribution in [1.29, 1.82) is 0 Å². The first-order valence-corrected chi connectivity index (χ1v) is 15.8. The van der Waals surface area contributed by atoms with Gasteiger partial charge in [0.15, 0.2) is 0 Å². The van der Waals surface area contributed by atoms with Crippen LogP contribution < -0.4 is 4.90 Å². The molecular weight excluding hydrogens is 539 g/mol. The van der Waals surface area contributed by atoms with Gasteiger partial charge in [-0.05, 0) is 59.7 Å². The van der Waals surface area contributed by atoms with Crippen molar-refractivity contribution in [3.8, 4) is 0 Å². The second-order valence-corrected chi connectivity index (χ2v) is 14.1. The molecule has 0 atom stereocenters. The summed E-state index contributed by atoms with van der Waals surface area (Å²) in [5, 5.41) is 0. The normalized spacial score (nSPS) is 14.3. The van der Waals surface area contributed by atoms with Crippen LogP contribution >= 0.6 is 0 Å². The van der Waals surface area contributed by atoms with E-state index in [0.29, 0.717) is 0 Å². The van der Waals surface area contributed by atoms with Gasteiger partial charge in [-0.2, -0.15) is 0 Å². The minimum Gasteiger partial charge on any atom is -0.307 e. The fraction of sp³-hybridized carbons (Fsp3) is 0.0909. The number of benzene rings is 5. The van der Waals surface area contributed by atoms with E-state index in [-0.39, 0.29) is 25.3 Å². The Kier molecular flexibility index (Phi) is 6.16. The van der Waals surface area contributed by atoms with Gasteiger partial charge in [-0.25, -0.2) is 16.8 Å². The molecule has 0 aliphatic carbocycles. The van der Waals surface area contributed by atoms with Crippen LogP contribution in [0.5, 0.6) is 0 Å². The van der Waals surface area contributed by atoms with Crippen molar-refractivity contribution >= 4 is 36.7 Å². The summed E-state index contributed by atoms with van der Waals surface area (Å²) in [4.78, 5) is 1.82. The molecule has 200 valence electrons. The van der Waals surface area contributed by atoms with E-state index in [1.54, 1.807) is 36.4 Å². The van der Waals surface area contributed by atoms with Gasteiger partial charge in [-0.15, -0.1) is 0 Å². The second kappa shape index (κ2) is 9.47. The molecule has 5 aromatic rings. The van der Waals surface area contributed by atoms with Crippen LogP contribution in [0.15, 0.2) is 147 Å². The fourth-order valence-corrected chi connectivity index (χ4v) is 8.55. The van der Waals surface area contributed by atoms with Crippen molar-refractivity contribution in [2.75, 3.05) is 4.90 Å². The van der Waals surface area contributed by atoms with Crippen LogP contribution in [0.4, 0.5) is 17.1 Å². The molecule has 0 saturated carbocycles. The first-order valence-electron chi connectivity index (χ1n) is 12.9. The quantitative estimate of drug-likeness (QED) is 0.221. The van der Waals surface area contributed by atoms with Crippen LogP contribution in [0.3, 0.4) is 0 Å². The molecule has 6 rings (SSSR count). The SMILES string of the molecule is CC1(C)c2ccccc2N(c2c(S(=O)(=O)c3ccccc3)cccc2S(=O)(=O)c2ccccc2)c2ccccc21. The Hall–Kier alpha value is -4.20. The van der Waals surface area contributed by atoms with E-state index in [1.807, 2.05) is 53.4 Å². The molecule has 1 aliphatic heterocycles. The molecule has 40 heavy (non-hydrogen) atoms. The van der Waals surface area contributed by atoms with E-state index in [4.69, 9.17) is 0 Å². The van der Waals surface area contributed by atoms with Crippen molar-refractivity contribution in [3.05, 3.63) is 139 Å². The molecule has 0 N–H and O–H groups in total. The molecule has 0 aromatic heterocycles. The number of hydrogen-bond acceptors (Lipinski definition) is 5. The van der Waals surface area contributed by atoms with Gasteiger partial charge in [-0.3, -0.25) is 0 Å². The molecule has 0 fully saturated rings. The summed E-state index contributed by atoms with van der Waals surface area (Å²) in [5.74, 6) is 0. The molecule has 1 heterocycles. The van der Waals surface area contributed by atoms with E-state index in [1.165, 1.54) is 42.5 Å². The zero-order valence-corrected chi connectivity index (χ0v) is 23.7. The maximum atomic E-state index is 14.2. The molecule has 0 bridgehead atoms. The zero-order chi connectivity index (χ0) is 28.1. The molecule has 1 aliphatic rings. The lowest BCUT2D eigenvalue weighted by molar-refractivity contribution is 0.594. The molecule has 0 amide bonds. The van der Waals surface area contributed by atoms with Crippen LogP contribution in [-0.4, -0.2) is 16.8 Å². The number of nitrogens with zero attached hydrogens (tertiary/aromatic N) is 1. The van der Waals surface area contributed by atoms with E-state index < -0.39 is 25.1 Å². The molecule has 0 spiro atoms. The Morgan fingerprint density at radius 2 is 0.850 bits per heavy atom. The summed E-state index contributed by atoms with van der Waals surface area (Å²) in [7, 11) is -8.25. The Morgan fingerprint density at radius 1 is 0.475 bits per heavy atom. The topological polar surface area (TPSA) is 71.5 Å². The minimum atomic E-state index is -4.12. The number of fused-ring (bicyclic) bond motifs is 2. The number of sulfone groups is 2. The lowest BCUT2D eigenvalue weighted by atomic mass is 9.73. The molecule has 0 saturated heterocycles. The highest BCUT2D eigenvalue weighted by molar-refractivity contribution is 7.92. The number of rotatable bonds is 5. The average Bonchev–Trinajstić information content (AvgIpc) is 2.98. The van der Waals surface area contributed by atoms with Crippen molar-refractivity contribution in [2.45, 2.75) is 38.8 Å². The molecule has 0 unspecified atom stereocenters. The summed E-state index contributed by atoms with van der Waals surface area (Å²) in [6.45, 7) is 4.24. The fourth-order valence-electron chi connectivity index (χ4n) is 5.52. The molecular formula is C33H27NO4S2. The smallest absolute Gasteiger partial charge is 0.208 e. The standard InChI is InChI=1S/C33H27NO4S2/c1-33(2)26-18-9-11-20-28(26)34(29-21-12-10-19-27(29)33)32-30(39(35,36)24-14-5-3-6-15-24)22-13-23-31(32)40(37,38)25-16-7-4-8-17-25/h3-23H,1-2H3. The van der Waals surface area contributed by atoms with E-state index >= 15 is 0 Å². The predicted octanol–water partition coefficient (Wildman–Crippen LogP) is 7.46. The lowest BCUT2D eigenvalue weighted by Crippen LogP contribution is -2.31. The van der Waals surface area contributed by atoms with Gasteiger partial charge in [-0.1, -0.05) is 92.7 Å². The second-order valence-electron chi connectivity index (χ2n) is 10.2. The highest BCUT2D eigenvalue weighted by Crippen LogP contribution is 2.54. The van der Waals surface area contributed by atoms with Crippen molar-refractivity contribution in [2.24, 2.45) is 0 Å². The van der Waals surface area contributed by atoms with E-state index in [9.17, 15) is 16.8 Å². The van der Waals surface area contributed by atoms with Crippen LogP contribution in [-0.2, 0) is 25.1 Å². The lowest BCUT2D eigenvalue weighted by Gasteiger charge is -2.42. The monoisotopic (exact) mass is 565 g/mol. The third-order valence-electron chi connectivity index (χ3n) is 7.51. The third kappa shape index (κ3) is 3.96. The average molecular weight is 566 g/mol. The van der Waals surface area contributed by atoms with E-state index in [2.05, 4.69) is 13.8 Å². The van der Waals surface area contributed by atoms with Gasteiger partial charge in [0.1, 0.15) is 0 Å². The van der Waals surface area contributed by atoms with Gasteiger partial charge < -0.3 is 4.90 Å². The van der Waals surface area contributed by atoms with Crippen LogP contribution in [0.1, 0.15) is 25.0 Å². The highest BCUT2D eigenvalue weighted by atomic mass is 32.2. The molecule has 5 aromatic carbocycles. The first-order chi connectivity index (χ1) is 19.1. The predicted molar refractivity (Wildman–Crippen MR) is 157 cm³/mol.